The number of nitrogens with one attached hydrogen (secondary N) is 2. The lowest BCUT2D eigenvalue weighted by molar-refractivity contribution is 0.00578. The molecule has 0 radical (unpaired) electrons. The van der Waals surface area contributed by atoms with Crippen molar-refractivity contribution in [3.8, 4) is 0 Å². The minimum atomic E-state index is -0.474. The summed E-state index contributed by atoms with van der Waals surface area (Å²) in [4.78, 5) is 12.2. The monoisotopic (exact) mass is 372 g/mol. The molecule has 0 saturated carbocycles. The van der Waals surface area contributed by atoms with E-state index in [4.69, 9.17) is 20.9 Å². The molecule has 26 heavy (non-hydrogen) atoms. The fraction of sp³-hybridized carbons (Fsp3) is 0.316. The third-order valence-corrected chi connectivity index (χ3v) is 4.99. The molecule has 7 heteroatoms. The third-order valence-electron chi connectivity index (χ3n) is 4.75. The Morgan fingerprint density at radius 1 is 0.923 bits per heavy atom. The Morgan fingerprint density at radius 3 is 2.04 bits per heavy atom. The van der Waals surface area contributed by atoms with Gasteiger partial charge in [-0.2, -0.15) is 0 Å². The molecule has 0 aliphatic carbocycles. The summed E-state index contributed by atoms with van der Waals surface area (Å²) in [6.07, 6.45) is 0. The summed E-state index contributed by atoms with van der Waals surface area (Å²) in [5, 5.41) is 6.12. The minimum Gasteiger partial charge on any atom is -0.399 e. The lowest BCUT2D eigenvalue weighted by Gasteiger charge is -2.32. The fourth-order valence-corrected chi connectivity index (χ4v) is 2.79. The van der Waals surface area contributed by atoms with Gasteiger partial charge in [0.25, 0.3) is 0 Å². The van der Waals surface area contributed by atoms with Gasteiger partial charge in [-0.05, 0) is 63.5 Å². The first-order valence-electron chi connectivity index (χ1n) is 8.45. The SMILES string of the molecule is CC1(C)OB(c2cccc(NC(=O)Nc3cccc(Cl)c3)c2)OC1(C)C. The van der Waals surface area contributed by atoms with E-state index in [-0.39, 0.29) is 6.03 Å². The van der Waals surface area contributed by atoms with Crippen molar-refractivity contribution in [3.05, 3.63) is 53.6 Å². The topological polar surface area (TPSA) is 59.6 Å². The van der Waals surface area contributed by atoms with Crippen LogP contribution < -0.4 is 16.1 Å². The molecule has 1 fully saturated rings. The first-order chi connectivity index (χ1) is 12.2. The highest BCUT2D eigenvalue weighted by molar-refractivity contribution is 6.62. The zero-order valence-corrected chi connectivity index (χ0v) is 16.1. The molecule has 5 nitrogen and oxygen atoms in total. The van der Waals surface area contributed by atoms with Gasteiger partial charge in [0.1, 0.15) is 0 Å². The summed E-state index contributed by atoms with van der Waals surface area (Å²) in [5.74, 6) is 0. The van der Waals surface area contributed by atoms with Gasteiger partial charge in [-0.25, -0.2) is 4.79 Å². The van der Waals surface area contributed by atoms with Gasteiger partial charge in [0.05, 0.1) is 11.2 Å². The number of carbonyl (C=O) groups is 1. The zero-order valence-electron chi connectivity index (χ0n) is 15.3. The Labute approximate surface area is 159 Å². The van der Waals surface area contributed by atoms with E-state index in [1.54, 1.807) is 24.3 Å². The standard InChI is InChI=1S/C19H22BClN2O3/c1-18(2)19(3,4)26-20(25-18)13-7-5-9-15(11-13)22-17(24)23-16-10-6-8-14(21)12-16/h5-12H,1-4H3,(H2,22,23,24). The normalized spacial score (nSPS) is 17.8. The van der Waals surface area contributed by atoms with E-state index in [1.165, 1.54) is 0 Å². The van der Waals surface area contributed by atoms with E-state index in [9.17, 15) is 4.79 Å². The molecule has 2 N–H and O–H groups in total. The summed E-state index contributed by atoms with van der Waals surface area (Å²) in [5.41, 5.74) is 1.30. The van der Waals surface area contributed by atoms with Crippen LogP contribution in [0.5, 0.6) is 0 Å². The van der Waals surface area contributed by atoms with Crippen LogP contribution in [0, 0.1) is 0 Å². The molecule has 0 spiro atoms. The van der Waals surface area contributed by atoms with Crippen molar-refractivity contribution < 1.29 is 14.1 Å². The lowest BCUT2D eigenvalue weighted by atomic mass is 9.79. The van der Waals surface area contributed by atoms with E-state index in [0.717, 1.165) is 5.46 Å². The van der Waals surface area contributed by atoms with Crippen LogP contribution in [-0.4, -0.2) is 24.4 Å². The second-order valence-corrected chi connectivity index (χ2v) is 7.74. The molecule has 0 unspecified atom stereocenters. The van der Waals surface area contributed by atoms with Crippen molar-refractivity contribution in [3.63, 3.8) is 0 Å². The first-order valence-corrected chi connectivity index (χ1v) is 8.83. The van der Waals surface area contributed by atoms with Crippen LogP contribution >= 0.6 is 11.6 Å². The first kappa shape index (κ1) is 18.8. The van der Waals surface area contributed by atoms with Gasteiger partial charge in [-0.1, -0.05) is 29.8 Å². The van der Waals surface area contributed by atoms with Gasteiger partial charge in [0.2, 0.25) is 0 Å². The maximum atomic E-state index is 12.2. The Kier molecular flexibility index (Phi) is 5.02. The van der Waals surface area contributed by atoms with Crippen molar-refractivity contribution in [2.75, 3.05) is 10.6 Å². The van der Waals surface area contributed by atoms with Crippen molar-refractivity contribution in [2.24, 2.45) is 0 Å². The van der Waals surface area contributed by atoms with Crippen molar-refractivity contribution >= 4 is 41.6 Å². The van der Waals surface area contributed by atoms with Crippen molar-refractivity contribution in [2.45, 2.75) is 38.9 Å². The van der Waals surface area contributed by atoms with E-state index < -0.39 is 18.3 Å². The number of rotatable bonds is 3. The number of amides is 2. The fourth-order valence-electron chi connectivity index (χ4n) is 2.60. The molecular weight excluding hydrogens is 350 g/mol. The van der Waals surface area contributed by atoms with E-state index in [2.05, 4.69) is 10.6 Å². The van der Waals surface area contributed by atoms with Crippen LogP contribution in [0.4, 0.5) is 16.2 Å². The third kappa shape index (κ3) is 4.03. The Bertz CT molecular complexity index is 810. The molecule has 136 valence electrons. The highest BCUT2D eigenvalue weighted by Gasteiger charge is 2.51. The molecule has 3 rings (SSSR count). The van der Waals surface area contributed by atoms with Crippen molar-refractivity contribution in [1.29, 1.82) is 0 Å². The lowest BCUT2D eigenvalue weighted by Crippen LogP contribution is -2.41. The average Bonchev–Trinajstić information content (AvgIpc) is 2.75. The van der Waals surface area contributed by atoms with Crippen molar-refractivity contribution in [1.82, 2.24) is 0 Å². The van der Waals surface area contributed by atoms with Crippen LogP contribution in [-0.2, 0) is 9.31 Å². The van der Waals surface area contributed by atoms with Crippen LogP contribution in [0.2, 0.25) is 5.02 Å². The number of hydrogen-bond acceptors (Lipinski definition) is 3. The molecule has 1 heterocycles. The molecule has 0 atom stereocenters. The van der Waals surface area contributed by atoms with Gasteiger partial charge in [-0.15, -0.1) is 0 Å². The molecule has 0 bridgehead atoms. The highest BCUT2D eigenvalue weighted by atomic mass is 35.5. The molecule has 2 amide bonds. The second-order valence-electron chi connectivity index (χ2n) is 7.30. The predicted octanol–water partition coefficient (Wildman–Crippen LogP) is 4.28. The zero-order chi connectivity index (χ0) is 18.9. The summed E-state index contributed by atoms with van der Waals surface area (Å²) >= 11 is 5.93. The highest BCUT2D eigenvalue weighted by Crippen LogP contribution is 2.36. The van der Waals surface area contributed by atoms with Gasteiger partial charge in [-0.3, -0.25) is 0 Å². The second kappa shape index (κ2) is 6.95. The van der Waals surface area contributed by atoms with Gasteiger partial charge in [0, 0.05) is 16.4 Å². The Hall–Kier alpha value is -2.02. The average molecular weight is 373 g/mol. The summed E-state index contributed by atoms with van der Waals surface area (Å²) in [7, 11) is -0.474. The quantitative estimate of drug-likeness (QED) is 0.790. The van der Waals surface area contributed by atoms with Crippen LogP contribution in [0.1, 0.15) is 27.7 Å². The molecular formula is C19H22BClN2O3. The number of urea groups is 1. The number of halogens is 1. The molecule has 0 aromatic heterocycles. The Morgan fingerprint density at radius 2 is 1.46 bits per heavy atom. The Balaban J connectivity index is 1.69. The number of carbonyl (C=O) groups excluding carboxylic acids is 1. The molecule has 1 saturated heterocycles. The number of benzene rings is 2. The summed E-state index contributed by atoms with van der Waals surface area (Å²) in [6.45, 7) is 8.03. The number of anilines is 2. The van der Waals surface area contributed by atoms with Gasteiger partial charge in [0.15, 0.2) is 0 Å². The van der Waals surface area contributed by atoms with E-state index in [1.807, 2.05) is 52.0 Å². The maximum absolute atomic E-state index is 12.2. The summed E-state index contributed by atoms with van der Waals surface area (Å²) in [6, 6.07) is 14.1. The van der Waals surface area contributed by atoms with Crippen LogP contribution in [0.3, 0.4) is 0 Å². The number of hydrogen-bond donors (Lipinski definition) is 2. The van der Waals surface area contributed by atoms with E-state index >= 15 is 0 Å². The molecule has 2 aromatic rings. The smallest absolute Gasteiger partial charge is 0.399 e. The molecule has 2 aromatic carbocycles. The predicted molar refractivity (Wildman–Crippen MR) is 106 cm³/mol. The van der Waals surface area contributed by atoms with Crippen LogP contribution in [0.15, 0.2) is 48.5 Å². The van der Waals surface area contributed by atoms with Gasteiger partial charge >= 0.3 is 13.1 Å². The van der Waals surface area contributed by atoms with Crippen LogP contribution in [0.25, 0.3) is 0 Å². The van der Waals surface area contributed by atoms with Gasteiger partial charge < -0.3 is 19.9 Å². The molecule has 1 aliphatic heterocycles. The van der Waals surface area contributed by atoms with E-state index in [0.29, 0.717) is 16.4 Å². The largest absolute Gasteiger partial charge is 0.494 e. The minimum absolute atomic E-state index is 0.349. The molecule has 1 aliphatic rings. The maximum Gasteiger partial charge on any atom is 0.494 e. The summed E-state index contributed by atoms with van der Waals surface area (Å²) < 4.78 is 12.1.